The molecule has 111 valence electrons. The molecule has 0 heterocycles. The summed E-state index contributed by atoms with van der Waals surface area (Å²) in [7, 11) is 0. The Morgan fingerprint density at radius 1 is 1.52 bits per heavy atom. The SMILES string of the molecule is N#CCOCC[C](CC(N)=O)c1cc([N+](=O)[O-])ccc1F. The van der Waals surface area contributed by atoms with Gasteiger partial charge in [-0.3, -0.25) is 14.9 Å². The van der Waals surface area contributed by atoms with Gasteiger partial charge < -0.3 is 10.5 Å². The Morgan fingerprint density at radius 2 is 2.24 bits per heavy atom. The summed E-state index contributed by atoms with van der Waals surface area (Å²) in [6.07, 6.45) is -0.100. The molecule has 0 atom stereocenters. The van der Waals surface area contributed by atoms with Crippen LogP contribution in [0.1, 0.15) is 18.4 Å². The minimum Gasteiger partial charge on any atom is -0.370 e. The molecule has 21 heavy (non-hydrogen) atoms. The van der Waals surface area contributed by atoms with Crippen LogP contribution in [0.5, 0.6) is 0 Å². The van der Waals surface area contributed by atoms with Gasteiger partial charge in [0, 0.05) is 36.6 Å². The number of non-ortho nitro benzene ring substituents is 1. The number of ether oxygens (including phenoxy) is 1. The highest BCUT2D eigenvalue weighted by atomic mass is 19.1. The third kappa shape index (κ3) is 5.16. The maximum absolute atomic E-state index is 13.8. The molecule has 7 nitrogen and oxygen atoms in total. The summed E-state index contributed by atoms with van der Waals surface area (Å²) in [5.74, 6) is -1.07. The van der Waals surface area contributed by atoms with Crippen molar-refractivity contribution in [2.45, 2.75) is 12.8 Å². The van der Waals surface area contributed by atoms with Crippen molar-refractivity contribution in [3.05, 3.63) is 45.6 Å². The van der Waals surface area contributed by atoms with Crippen LogP contribution in [0.4, 0.5) is 10.1 Å². The molecule has 2 N–H and O–H groups in total. The van der Waals surface area contributed by atoms with Gasteiger partial charge >= 0.3 is 0 Å². The minimum absolute atomic E-state index is 0.0384. The van der Waals surface area contributed by atoms with E-state index in [4.69, 9.17) is 15.7 Å². The van der Waals surface area contributed by atoms with Gasteiger partial charge in [0.25, 0.3) is 5.69 Å². The van der Waals surface area contributed by atoms with Crippen LogP contribution in [-0.2, 0) is 9.53 Å². The fourth-order valence-corrected chi connectivity index (χ4v) is 1.74. The standard InChI is InChI=1S/C13H13FN3O4/c14-12-2-1-10(17(19)20)8-11(12)9(7-13(16)18)3-5-21-6-4-15/h1-2,8H,3,5-7H2,(H2,16,18). The van der Waals surface area contributed by atoms with Crippen LogP contribution >= 0.6 is 0 Å². The quantitative estimate of drug-likeness (QED) is 0.442. The molecule has 0 aliphatic carbocycles. The largest absolute Gasteiger partial charge is 0.370 e. The molecular weight excluding hydrogens is 281 g/mol. The normalized spacial score (nSPS) is 10.3. The summed E-state index contributed by atoms with van der Waals surface area (Å²) in [4.78, 5) is 21.1. The average molecular weight is 294 g/mol. The number of primary amides is 1. The number of nitro benzene ring substituents is 1. The van der Waals surface area contributed by atoms with Gasteiger partial charge in [-0.2, -0.15) is 5.26 Å². The summed E-state index contributed by atoms with van der Waals surface area (Å²) >= 11 is 0. The molecule has 0 aliphatic rings. The van der Waals surface area contributed by atoms with Crippen molar-refractivity contribution in [3.63, 3.8) is 0 Å². The molecule has 1 aromatic rings. The van der Waals surface area contributed by atoms with Crippen molar-refractivity contribution in [1.29, 1.82) is 5.26 Å². The number of nitrogens with zero attached hydrogens (tertiary/aromatic N) is 2. The van der Waals surface area contributed by atoms with Gasteiger partial charge in [0.05, 0.1) is 11.0 Å². The van der Waals surface area contributed by atoms with Crippen LogP contribution in [0.2, 0.25) is 0 Å². The van der Waals surface area contributed by atoms with Gasteiger partial charge in [0.15, 0.2) is 0 Å². The number of nitro groups is 1. The molecule has 0 saturated heterocycles. The molecule has 1 aromatic carbocycles. The Hall–Kier alpha value is -2.53. The molecule has 0 spiro atoms. The van der Waals surface area contributed by atoms with E-state index >= 15 is 0 Å². The zero-order chi connectivity index (χ0) is 15.8. The summed E-state index contributed by atoms with van der Waals surface area (Å²) in [6, 6.07) is 4.82. The van der Waals surface area contributed by atoms with E-state index in [1.165, 1.54) is 0 Å². The highest BCUT2D eigenvalue weighted by molar-refractivity contribution is 5.77. The monoisotopic (exact) mass is 294 g/mol. The summed E-state index contributed by atoms with van der Waals surface area (Å²) in [6.45, 7) is -0.0560. The van der Waals surface area contributed by atoms with Gasteiger partial charge in [0.2, 0.25) is 5.91 Å². The number of benzene rings is 1. The second-order valence-corrected chi connectivity index (χ2v) is 4.13. The molecule has 0 bridgehead atoms. The molecule has 0 aromatic heterocycles. The van der Waals surface area contributed by atoms with Crippen molar-refractivity contribution in [3.8, 4) is 6.07 Å². The molecule has 0 aliphatic heterocycles. The van der Waals surface area contributed by atoms with E-state index in [1.54, 1.807) is 6.07 Å². The first-order valence-corrected chi connectivity index (χ1v) is 5.97. The Bertz CT molecular complexity index is 571. The lowest BCUT2D eigenvalue weighted by atomic mass is 9.91. The first kappa shape index (κ1) is 16.5. The number of carbonyl (C=O) groups is 1. The minimum atomic E-state index is -0.684. The molecule has 1 rings (SSSR count). The van der Waals surface area contributed by atoms with E-state index in [2.05, 4.69) is 0 Å². The van der Waals surface area contributed by atoms with E-state index in [0.717, 1.165) is 18.2 Å². The van der Waals surface area contributed by atoms with Crippen LogP contribution in [0.15, 0.2) is 18.2 Å². The second-order valence-electron chi connectivity index (χ2n) is 4.13. The van der Waals surface area contributed by atoms with E-state index < -0.39 is 16.6 Å². The summed E-state index contributed by atoms with van der Waals surface area (Å²) in [5.41, 5.74) is 4.78. The van der Waals surface area contributed by atoms with Crippen molar-refractivity contribution < 1.29 is 18.8 Å². The molecule has 8 heteroatoms. The van der Waals surface area contributed by atoms with Crippen LogP contribution in [0.3, 0.4) is 0 Å². The fraction of sp³-hybridized carbons (Fsp3) is 0.308. The number of carbonyl (C=O) groups excluding carboxylic acids is 1. The van der Waals surface area contributed by atoms with Gasteiger partial charge in [0.1, 0.15) is 12.4 Å². The zero-order valence-corrected chi connectivity index (χ0v) is 11.0. The third-order valence-corrected chi connectivity index (χ3v) is 2.64. The maximum Gasteiger partial charge on any atom is 0.269 e. The molecule has 0 fully saturated rings. The van der Waals surface area contributed by atoms with Crippen LogP contribution in [0, 0.1) is 33.2 Å². The van der Waals surface area contributed by atoms with Crippen LogP contribution in [0.25, 0.3) is 0 Å². The first-order chi connectivity index (χ1) is 9.95. The van der Waals surface area contributed by atoms with Gasteiger partial charge in [-0.25, -0.2) is 4.39 Å². The van der Waals surface area contributed by atoms with E-state index in [9.17, 15) is 19.3 Å². The number of halogens is 1. The Morgan fingerprint density at radius 3 is 2.81 bits per heavy atom. The predicted octanol–water partition coefficient (Wildman–Crippen LogP) is 1.46. The zero-order valence-electron chi connectivity index (χ0n) is 11.0. The summed E-state index contributed by atoms with van der Waals surface area (Å²) < 4.78 is 18.8. The number of hydrogen-bond acceptors (Lipinski definition) is 5. The number of nitriles is 1. The topological polar surface area (TPSA) is 119 Å². The van der Waals surface area contributed by atoms with Crippen molar-refractivity contribution in [1.82, 2.24) is 0 Å². The number of nitrogens with two attached hydrogens (primary N) is 1. The lowest BCUT2D eigenvalue weighted by molar-refractivity contribution is -0.385. The van der Waals surface area contributed by atoms with Crippen LogP contribution < -0.4 is 5.73 Å². The summed E-state index contributed by atoms with van der Waals surface area (Å²) in [5, 5.41) is 19.1. The van der Waals surface area contributed by atoms with Crippen LogP contribution in [-0.4, -0.2) is 24.0 Å². The van der Waals surface area contributed by atoms with E-state index in [-0.39, 0.29) is 37.3 Å². The second kappa shape index (κ2) is 7.91. The van der Waals surface area contributed by atoms with Gasteiger partial charge in [-0.1, -0.05) is 0 Å². The Labute approximate surface area is 120 Å². The first-order valence-electron chi connectivity index (χ1n) is 5.97. The molecule has 1 radical (unpaired) electrons. The van der Waals surface area contributed by atoms with E-state index in [0.29, 0.717) is 5.92 Å². The fourth-order valence-electron chi connectivity index (χ4n) is 1.74. The van der Waals surface area contributed by atoms with Crippen molar-refractivity contribution in [2.75, 3.05) is 13.2 Å². The highest BCUT2D eigenvalue weighted by Crippen LogP contribution is 2.28. The Kier molecular flexibility index (Phi) is 6.23. The van der Waals surface area contributed by atoms with Gasteiger partial charge in [-0.05, 0) is 12.5 Å². The molecule has 0 saturated carbocycles. The number of hydrogen-bond donors (Lipinski definition) is 1. The Balaban J connectivity index is 2.96. The van der Waals surface area contributed by atoms with Crippen molar-refractivity contribution in [2.24, 2.45) is 5.73 Å². The lowest BCUT2D eigenvalue weighted by Crippen LogP contribution is -2.18. The average Bonchev–Trinajstić information content (AvgIpc) is 2.42. The molecule has 0 unspecified atom stereocenters. The van der Waals surface area contributed by atoms with Crippen molar-refractivity contribution >= 4 is 11.6 Å². The molecular formula is C13H13FN3O4. The highest BCUT2D eigenvalue weighted by Gasteiger charge is 2.21. The number of rotatable bonds is 8. The van der Waals surface area contributed by atoms with E-state index in [1.807, 2.05) is 0 Å². The lowest BCUT2D eigenvalue weighted by Gasteiger charge is -2.15. The smallest absolute Gasteiger partial charge is 0.269 e. The maximum atomic E-state index is 13.8. The molecule has 1 amide bonds. The third-order valence-electron chi connectivity index (χ3n) is 2.64. The number of amides is 1. The van der Waals surface area contributed by atoms with Gasteiger partial charge in [-0.15, -0.1) is 0 Å². The predicted molar refractivity (Wildman–Crippen MR) is 70.3 cm³/mol.